The molecule has 0 bridgehead atoms. The summed E-state index contributed by atoms with van der Waals surface area (Å²) in [5.74, 6) is 0.707. The van der Waals surface area contributed by atoms with Gasteiger partial charge in [-0.15, -0.1) is 0 Å². The monoisotopic (exact) mass is 267 g/mol. The van der Waals surface area contributed by atoms with Crippen LogP contribution in [-0.4, -0.2) is 11.7 Å². The van der Waals surface area contributed by atoms with E-state index in [2.05, 4.69) is 20.8 Å². The van der Waals surface area contributed by atoms with Crippen molar-refractivity contribution >= 4 is 11.7 Å². The molecule has 1 aliphatic carbocycles. The molecular formula is C16H29NO2. The van der Waals surface area contributed by atoms with Crippen LogP contribution in [0.15, 0.2) is 0 Å². The zero-order valence-corrected chi connectivity index (χ0v) is 12.9. The van der Waals surface area contributed by atoms with E-state index in [1.54, 1.807) is 6.92 Å². The summed E-state index contributed by atoms with van der Waals surface area (Å²) in [5, 5.41) is 0. The lowest BCUT2D eigenvalue weighted by molar-refractivity contribution is -0.140. The van der Waals surface area contributed by atoms with Crippen molar-refractivity contribution in [2.45, 2.75) is 66.2 Å². The molecule has 2 N–H and O–H groups in total. The van der Waals surface area contributed by atoms with E-state index >= 15 is 0 Å². The molecule has 0 aromatic heterocycles. The minimum Gasteiger partial charge on any atom is -0.369 e. The van der Waals surface area contributed by atoms with E-state index in [4.69, 9.17) is 5.73 Å². The van der Waals surface area contributed by atoms with Crippen molar-refractivity contribution < 1.29 is 9.59 Å². The van der Waals surface area contributed by atoms with Gasteiger partial charge in [-0.05, 0) is 44.4 Å². The number of nitrogens with two attached hydrogens (primary N) is 1. The van der Waals surface area contributed by atoms with Crippen LogP contribution in [0, 0.1) is 23.2 Å². The molecule has 1 saturated carbocycles. The summed E-state index contributed by atoms with van der Waals surface area (Å²) < 4.78 is 0. The molecule has 19 heavy (non-hydrogen) atoms. The zero-order valence-electron chi connectivity index (χ0n) is 12.9. The molecule has 0 aromatic rings. The highest BCUT2D eigenvalue weighted by Gasteiger charge is 2.46. The quantitative estimate of drug-likeness (QED) is 0.777. The first-order valence-electron chi connectivity index (χ1n) is 7.60. The molecule has 1 fully saturated rings. The molecular weight excluding hydrogens is 238 g/mol. The van der Waals surface area contributed by atoms with Gasteiger partial charge in [0.05, 0.1) is 5.41 Å². The van der Waals surface area contributed by atoms with E-state index < -0.39 is 5.41 Å². The maximum atomic E-state index is 12.1. The Balaban J connectivity index is 3.07. The molecule has 1 aliphatic rings. The number of Topliss-reactive ketones (excluding diaryl/α,β-unsaturated/α-hetero) is 1. The molecule has 0 spiro atoms. The van der Waals surface area contributed by atoms with Crippen molar-refractivity contribution in [2.75, 3.05) is 0 Å². The zero-order chi connectivity index (χ0) is 14.6. The number of carbonyl (C=O) groups is 2. The third kappa shape index (κ3) is 3.80. The third-order valence-corrected chi connectivity index (χ3v) is 4.76. The lowest BCUT2D eigenvalue weighted by Gasteiger charge is -2.37. The van der Waals surface area contributed by atoms with Crippen LogP contribution < -0.4 is 5.73 Å². The van der Waals surface area contributed by atoms with Gasteiger partial charge in [0, 0.05) is 5.92 Å². The highest BCUT2D eigenvalue weighted by atomic mass is 16.1. The van der Waals surface area contributed by atoms with Crippen molar-refractivity contribution in [3.8, 4) is 0 Å². The molecule has 3 unspecified atom stereocenters. The van der Waals surface area contributed by atoms with Crippen LogP contribution >= 0.6 is 0 Å². The molecule has 0 aromatic carbocycles. The second-order valence-corrected chi connectivity index (χ2v) is 6.85. The second kappa shape index (κ2) is 6.53. The molecule has 0 heterocycles. The normalized spacial score (nSPS) is 29.8. The summed E-state index contributed by atoms with van der Waals surface area (Å²) >= 11 is 0. The fourth-order valence-corrected chi connectivity index (χ4v) is 3.56. The Kier molecular flexibility index (Phi) is 5.57. The highest BCUT2D eigenvalue weighted by Crippen LogP contribution is 2.45. The first kappa shape index (κ1) is 16.2. The maximum absolute atomic E-state index is 12.1. The first-order valence-corrected chi connectivity index (χ1v) is 7.60. The van der Waals surface area contributed by atoms with Gasteiger partial charge >= 0.3 is 0 Å². The van der Waals surface area contributed by atoms with E-state index in [1.165, 1.54) is 0 Å². The molecule has 0 radical (unpaired) electrons. The van der Waals surface area contributed by atoms with E-state index in [0.29, 0.717) is 11.8 Å². The standard InChI is InChI=1S/C16H29NO2/c1-11(2)10-14(13(4)18)16(15(17)19)8-5-6-12(3)7-9-16/h11-12,14H,5-10H2,1-4H3,(H2,17,19). The van der Waals surface area contributed by atoms with Gasteiger partial charge in [-0.3, -0.25) is 9.59 Å². The summed E-state index contributed by atoms with van der Waals surface area (Å²) in [4.78, 5) is 24.2. The average Bonchev–Trinajstić information content (AvgIpc) is 2.48. The molecule has 0 aliphatic heterocycles. The third-order valence-electron chi connectivity index (χ3n) is 4.76. The fourth-order valence-electron chi connectivity index (χ4n) is 3.56. The number of ketones is 1. The van der Waals surface area contributed by atoms with Gasteiger partial charge < -0.3 is 5.73 Å². The van der Waals surface area contributed by atoms with Crippen molar-refractivity contribution in [3.63, 3.8) is 0 Å². The van der Waals surface area contributed by atoms with Gasteiger partial charge in [-0.25, -0.2) is 0 Å². The van der Waals surface area contributed by atoms with Crippen LogP contribution in [0.5, 0.6) is 0 Å². The van der Waals surface area contributed by atoms with E-state index in [-0.39, 0.29) is 17.6 Å². The summed E-state index contributed by atoms with van der Waals surface area (Å²) in [6.07, 6.45) is 5.48. The van der Waals surface area contributed by atoms with Crippen LogP contribution in [0.4, 0.5) is 0 Å². The van der Waals surface area contributed by atoms with Crippen LogP contribution in [0.1, 0.15) is 66.2 Å². The second-order valence-electron chi connectivity index (χ2n) is 6.85. The van der Waals surface area contributed by atoms with Gasteiger partial charge in [0.1, 0.15) is 5.78 Å². The smallest absolute Gasteiger partial charge is 0.224 e. The highest BCUT2D eigenvalue weighted by molar-refractivity contribution is 5.89. The number of amides is 1. The summed E-state index contributed by atoms with van der Waals surface area (Å²) in [6.45, 7) is 8.04. The first-order chi connectivity index (χ1) is 8.79. The topological polar surface area (TPSA) is 60.2 Å². The molecule has 1 rings (SSSR count). The minimum atomic E-state index is -0.596. The van der Waals surface area contributed by atoms with E-state index in [9.17, 15) is 9.59 Å². The Bertz CT molecular complexity index is 338. The van der Waals surface area contributed by atoms with Crippen LogP contribution in [-0.2, 0) is 9.59 Å². The van der Waals surface area contributed by atoms with Crippen molar-refractivity contribution in [1.29, 1.82) is 0 Å². The van der Waals surface area contributed by atoms with Gasteiger partial charge in [0.15, 0.2) is 0 Å². The van der Waals surface area contributed by atoms with Gasteiger partial charge in [-0.2, -0.15) is 0 Å². The van der Waals surface area contributed by atoms with Crippen LogP contribution in [0.2, 0.25) is 0 Å². The number of carbonyl (C=O) groups excluding carboxylic acids is 2. The van der Waals surface area contributed by atoms with Crippen LogP contribution in [0.3, 0.4) is 0 Å². The lowest BCUT2D eigenvalue weighted by atomic mass is 9.65. The Morgan fingerprint density at radius 3 is 2.37 bits per heavy atom. The Labute approximate surface area is 117 Å². The Morgan fingerprint density at radius 1 is 1.26 bits per heavy atom. The molecule has 0 saturated heterocycles. The maximum Gasteiger partial charge on any atom is 0.224 e. The number of primary amides is 1. The fraction of sp³-hybridized carbons (Fsp3) is 0.875. The van der Waals surface area contributed by atoms with Crippen molar-refractivity contribution in [1.82, 2.24) is 0 Å². The number of hydrogen-bond acceptors (Lipinski definition) is 2. The van der Waals surface area contributed by atoms with Crippen molar-refractivity contribution in [3.05, 3.63) is 0 Å². The van der Waals surface area contributed by atoms with E-state index in [0.717, 1.165) is 38.5 Å². The summed E-state index contributed by atoms with van der Waals surface area (Å²) in [7, 11) is 0. The van der Waals surface area contributed by atoms with Crippen molar-refractivity contribution in [2.24, 2.45) is 28.9 Å². The van der Waals surface area contributed by atoms with Crippen LogP contribution in [0.25, 0.3) is 0 Å². The molecule has 3 nitrogen and oxygen atoms in total. The molecule has 3 heteroatoms. The van der Waals surface area contributed by atoms with E-state index in [1.807, 2.05) is 0 Å². The summed E-state index contributed by atoms with van der Waals surface area (Å²) in [5.41, 5.74) is 5.14. The number of rotatable bonds is 5. The summed E-state index contributed by atoms with van der Waals surface area (Å²) in [6, 6.07) is 0. The Morgan fingerprint density at radius 2 is 1.89 bits per heavy atom. The number of hydrogen-bond donors (Lipinski definition) is 1. The molecule has 110 valence electrons. The molecule has 1 amide bonds. The predicted octanol–water partition coefficient (Wildman–Crippen LogP) is 3.31. The predicted molar refractivity (Wildman–Crippen MR) is 77.5 cm³/mol. The van der Waals surface area contributed by atoms with Gasteiger partial charge in [0.25, 0.3) is 0 Å². The largest absolute Gasteiger partial charge is 0.369 e. The average molecular weight is 267 g/mol. The SMILES string of the molecule is CC(=O)C(CC(C)C)C1(C(N)=O)CCCC(C)CC1. The Hall–Kier alpha value is -0.860. The van der Waals surface area contributed by atoms with Gasteiger partial charge in [0.2, 0.25) is 5.91 Å². The minimum absolute atomic E-state index is 0.127. The van der Waals surface area contributed by atoms with Gasteiger partial charge in [-0.1, -0.05) is 33.6 Å². The lowest BCUT2D eigenvalue weighted by Crippen LogP contribution is -2.46. The molecule has 3 atom stereocenters.